The van der Waals surface area contributed by atoms with Gasteiger partial charge in [-0.3, -0.25) is 0 Å². The second-order valence-corrected chi connectivity index (χ2v) is 4.34. The number of hydrogen-bond donors (Lipinski definition) is 2. The second kappa shape index (κ2) is 3.66. The van der Waals surface area contributed by atoms with Crippen molar-refractivity contribution in [3.8, 4) is 11.5 Å². The topological polar surface area (TPSA) is 40.5 Å². The second-order valence-electron chi connectivity index (χ2n) is 3.50. The van der Waals surface area contributed by atoms with Gasteiger partial charge in [-0.2, -0.15) is 0 Å². The number of aromatic hydroxyl groups is 2. The average Bonchev–Trinajstić information content (AvgIpc) is 2.23. The minimum absolute atomic E-state index is 0.218. The molecule has 0 saturated carbocycles. The largest absolute Gasteiger partial charge is 0.507 e. The fourth-order valence-electron chi connectivity index (χ4n) is 1.64. The molecular formula is C12H12O2S. The maximum absolute atomic E-state index is 9.93. The molecule has 15 heavy (non-hydrogen) atoms. The molecule has 2 nitrogen and oxygen atoms in total. The highest BCUT2D eigenvalue weighted by molar-refractivity contribution is 7.98. The molecule has 0 amide bonds. The molecule has 0 spiro atoms. The number of benzene rings is 2. The Morgan fingerprint density at radius 1 is 1.07 bits per heavy atom. The first-order valence-electron chi connectivity index (χ1n) is 4.62. The number of fused-ring (bicyclic) bond motifs is 1. The summed E-state index contributed by atoms with van der Waals surface area (Å²) in [4.78, 5) is 0.698. The van der Waals surface area contributed by atoms with Gasteiger partial charge in [-0.1, -0.05) is 17.7 Å². The first-order chi connectivity index (χ1) is 7.13. The number of rotatable bonds is 1. The third-order valence-electron chi connectivity index (χ3n) is 2.43. The van der Waals surface area contributed by atoms with Crippen molar-refractivity contribution in [2.75, 3.05) is 6.26 Å². The van der Waals surface area contributed by atoms with Crippen molar-refractivity contribution in [1.82, 2.24) is 0 Å². The molecule has 3 heteroatoms. The van der Waals surface area contributed by atoms with Gasteiger partial charge in [-0.15, -0.1) is 11.8 Å². The summed E-state index contributed by atoms with van der Waals surface area (Å²) in [6.45, 7) is 1.96. The third kappa shape index (κ3) is 1.63. The van der Waals surface area contributed by atoms with Crippen LogP contribution in [0, 0.1) is 6.92 Å². The van der Waals surface area contributed by atoms with Gasteiger partial charge < -0.3 is 10.2 Å². The molecule has 0 atom stereocenters. The van der Waals surface area contributed by atoms with Gasteiger partial charge >= 0.3 is 0 Å². The van der Waals surface area contributed by atoms with Crippen LogP contribution in [-0.4, -0.2) is 16.5 Å². The van der Waals surface area contributed by atoms with Crippen LogP contribution in [0.5, 0.6) is 11.5 Å². The van der Waals surface area contributed by atoms with Crippen LogP contribution < -0.4 is 0 Å². The molecule has 0 radical (unpaired) electrons. The Kier molecular flexibility index (Phi) is 2.49. The van der Waals surface area contributed by atoms with E-state index in [-0.39, 0.29) is 11.5 Å². The summed E-state index contributed by atoms with van der Waals surface area (Å²) in [7, 11) is 0. The van der Waals surface area contributed by atoms with Crippen molar-refractivity contribution in [1.29, 1.82) is 0 Å². The quantitative estimate of drug-likeness (QED) is 0.572. The SMILES string of the molecule is CSc1cc(O)c2cc(C)ccc2c1O. The van der Waals surface area contributed by atoms with Crippen LogP contribution in [0.1, 0.15) is 5.56 Å². The summed E-state index contributed by atoms with van der Waals surface area (Å²) in [5, 5.41) is 21.1. The van der Waals surface area contributed by atoms with E-state index >= 15 is 0 Å². The summed E-state index contributed by atoms with van der Waals surface area (Å²) in [6, 6.07) is 7.22. The van der Waals surface area contributed by atoms with E-state index in [9.17, 15) is 10.2 Å². The summed E-state index contributed by atoms with van der Waals surface area (Å²) < 4.78 is 0. The van der Waals surface area contributed by atoms with Gasteiger partial charge in [-0.05, 0) is 25.3 Å². The van der Waals surface area contributed by atoms with Crippen LogP contribution in [0.4, 0.5) is 0 Å². The first-order valence-corrected chi connectivity index (χ1v) is 5.85. The molecule has 2 rings (SSSR count). The van der Waals surface area contributed by atoms with Gasteiger partial charge in [-0.25, -0.2) is 0 Å². The summed E-state index contributed by atoms with van der Waals surface area (Å²) in [5.41, 5.74) is 1.06. The summed E-state index contributed by atoms with van der Waals surface area (Å²) >= 11 is 1.42. The predicted octanol–water partition coefficient (Wildman–Crippen LogP) is 3.28. The Morgan fingerprint density at radius 3 is 2.47 bits per heavy atom. The Balaban J connectivity index is 2.87. The minimum atomic E-state index is 0.218. The van der Waals surface area contributed by atoms with Crippen LogP contribution >= 0.6 is 11.8 Å². The van der Waals surface area contributed by atoms with Crippen LogP contribution in [0.2, 0.25) is 0 Å². The highest BCUT2D eigenvalue weighted by atomic mass is 32.2. The van der Waals surface area contributed by atoms with Gasteiger partial charge in [0.25, 0.3) is 0 Å². The maximum atomic E-state index is 9.93. The van der Waals surface area contributed by atoms with Crippen molar-refractivity contribution in [2.24, 2.45) is 0 Å². The van der Waals surface area contributed by atoms with Crippen molar-refractivity contribution >= 4 is 22.5 Å². The number of phenolic OH excluding ortho intramolecular Hbond substituents is 2. The standard InChI is InChI=1S/C12H12O2S/c1-7-3-4-8-9(5-7)10(13)6-11(15-2)12(8)14/h3-6,13-14H,1-2H3. The lowest BCUT2D eigenvalue weighted by Gasteiger charge is -2.08. The zero-order valence-electron chi connectivity index (χ0n) is 8.61. The Hall–Kier alpha value is -1.35. The van der Waals surface area contributed by atoms with E-state index in [1.165, 1.54) is 11.8 Å². The molecular weight excluding hydrogens is 208 g/mol. The van der Waals surface area contributed by atoms with Crippen LogP contribution in [0.15, 0.2) is 29.2 Å². The molecule has 0 saturated heterocycles. The van der Waals surface area contributed by atoms with Crippen molar-refractivity contribution in [3.05, 3.63) is 29.8 Å². The Labute approximate surface area is 92.6 Å². The molecule has 2 N–H and O–H groups in total. The van der Waals surface area contributed by atoms with E-state index < -0.39 is 0 Å². The highest BCUT2D eigenvalue weighted by Crippen LogP contribution is 2.39. The molecule has 0 bridgehead atoms. The molecule has 0 unspecified atom stereocenters. The molecule has 0 aromatic heterocycles. The minimum Gasteiger partial charge on any atom is -0.507 e. The zero-order chi connectivity index (χ0) is 11.0. The van der Waals surface area contributed by atoms with E-state index in [4.69, 9.17) is 0 Å². The fourth-order valence-corrected chi connectivity index (χ4v) is 2.17. The Morgan fingerprint density at radius 2 is 1.80 bits per heavy atom. The van der Waals surface area contributed by atoms with Gasteiger partial charge in [0.05, 0.1) is 4.90 Å². The van der Waals surface area contributed by atoms with Crippen LogP contribution in [0.3, 0.4) is 0 Å². The predicted molar refractivity (Wildman–Crippen MR) is 63.8 cm³/mol. The average molecular weight is 220 g/mol. The number of phenols is 2. The molecule has 0 heterocycles. The summed E-state index contributed by atoms with van der Waals surface area (Å²) in [6.07, 6.45) is 1.87. The highest BCUT2D eigenvalue weighted by Gasteiger charge is 2.09. The molecule has 0 aliphatic heterocycles. The molecule has 0 aliphatic carbocycles. The zero-order valence-corrected chi connectivity index (χ0v) is 9.43. The Bertz CT molecular complexity index is 521. The molecule has 2 aromatic carbocycles. The van der Waals surface area contributed by atoms with E-state index in [2.05, 4.69) is 0 Å². The lowest BCUT2D eigenvalue weighted by atomic mass is 10.1. The van der Waals surface area contributed by atoms with Gasteiger partial charge in [0.1, 0.15) is 11.5 Å². The molecule has 2 aromatic rings. The summed E-state index contributed by atoms with van der Waals surface area (Å²) in [5.74, 6) is 0.464. The van der Waals surface area contributed by atoms with E-state index in [0.717, 1.165) is 5.56 Å². The first kappa shape index (κ1) is 10.2. The lowest BCUT2D eigenvalue weighted by Crippen LogP contribution is -1.81. The fraction of sp³-hybridized carbons (Fsp3) is 0.167. The van der Waals surface area contributed by atoms with Gasteiger partial charge in [0.15, 0.2) is 0 Å². The smallest absolute Gasteiger partial charge is 0.137 e. The van der Waals surface area contributed by atoms with E-state index in [1.54, 1.807) is 6.07 Å². The number of hydrogen-bond acceptors (Lipinski definition) is 3. The van der Waals surface area contributed by atoms with E-state index in [0.29, 0.717) is 15.7 Å². The molecule has 0 aliphatic rings. The van der Waals surface area contributed by atoms with Crippen molar-refractivity contribution in [3.63, 3.8) is 0 Å². The van der Waals surface area contributed by atoms with Crippen LogP contribution in [0.25, 0.3) is 10.8 Å². The lowest BCUT2D eigenvalue weighted by molar-refractivity contribution is 0.458. The third-order valence-corrected chi connectivity index (χ3v) is 3.18. The molecule has 78 valence electrons. The molecule has 0 fully saturated rings. The maximum Gasteiger partial charge on any atom is 0.137 e. The van der Waals surface area contributed by atoms with Crippen LogP contribution in [-0.2, 0) is 0 Å². The van der Waals surface area contributed by atoms with Gasteiger partial charge in [0, 0.05) is 10.8 Å². The number of thioether (sulfide) groups is 1. The van der Waals surface area contributed by atoms with Gasteiger partial charge in [0.2, 0.25) is 0 Å². The number of aryl methyl sites for hydroxylation is 1. The van der Waals surface area contributed by atoms with Crippen molar-refractivity contribution < 1.29 is 10.2 Å². The van der Waals surface area contributed by atoms with E-state index in [1.807, 2.05) is 31.4 Å². The monoisotopic (exact) mass is 220 g/mol. The normalized spacial score (nSPS) is 10.8. The van der Waals surface area contributed by atoms with Crippen molar-refractivity contribution in [2.45, 2.75) is 11.8 Å².